The number of anilines is 1. The number of carbonyl (C=O) groups excluding carboxylic acids is 3. The lowest BCUT2D eigenvalue weighted by atomic mass is 9.95. The molecule has 0 atom stereocenters. The van der Waals surface area contributed by atoms with Crippen LogP contribution in [0, 0.1) is 0 Å². The largest absolute Gasteiger partial charge is 0.462 e. The molecule has 0 aliphatic heterocycles. The van der Waals surface area contributed by atoms with Crippen molar-refractivity contribution >= 4 is 23.5 Å². The van der Waals surface area contributed by atoms with Gasteiger partial charge >= 0.3 is 5.97 Å². The molecule has 0 radical (unpaired) electrons. The Kier molecular flexibility index (Phi) is 7.00. The third kappa shape index (κ3) is 5.44. The third-order valence-electron chi connectivity index (χ3n) is 5.02. The Morgan fingerprint density at radius 3 is 2.17 bits per heavy atom. The number of benzene rings is 2. The van der Waals surface area contributed by atoms with E-state index in [2.05, 4.69) is 10.6 Å². The van der Waals surface area contributed by atoms with Crippen LogP contribution in [-0.4, -0.2) is 30.4 Å². The molecule has 0 saturated heterocycles. The Hall–Kier alpha value is -3.15. The number of carbonyl (C=O) groups is 3. The van der Waals surface area contributed by atoms with Crippen LogP contribution in [-0.2, 0) is 4.74 Å². The first-order chi connectivity index (χ1) is 14.1. The molecule has 0 spiro atoms. The Labute approximate surface area is 170 Å². The number of amides is 2. The molecule has 0 bridgehead atoms. The maximum absolute atomic E-state index is 12.6. The molecular formula is C23H26N2O4. The van der Waals surface area contributed by atoms with Crippen LogP contribution in [0.25, 0.3) is 0 Å². The zero-order chi connectivity index (χ0) is 20.6. The number of esters is 1. The Morgan fingerprint density at radius 2 is 1.52 bits per heavy atom. The van der Waals surface area contributed by atoms with Gasteiger partial charge < -0.3 is 15.4 Å². The summed E-state index contributed by atoms with van der Waals surface area (Å²) in [7, 11) is 0. The summed E-state index contributed by atoms with van der Waals surface area (Å²) in [6.07, 6.45) is 5.57. The quantitative estimate of drug-likeness (QED) is 0.720. The Morgan fingerprint density at radius 1 is 0.897 bits per heavy atom. The van der Waals surface area contributed by atoms with E-state index in [1.54, 1.807) is 55.5 Å². The number of hydrogen-bond donors (Lipinski definition) is 2. The maximum atomic E-state index is 12.6. The van der Waals surface area contributed by atoms with Crippen LogP contribution < -0.4 is 10.6 Å². The summed E-state index contributed by atoms with van der Waals surface area (Å²) in [5.74, 6) is -0.962. The fourth-order valence-electron chi connectivity index (χ4n) is 3.46. The van der Waals surface area contributed by atoms with Gasteiger partial charge in [0.05, 0.1) is 17.9 Å². The molecule has 6 nitrogen and oxygen atoms in total. The zero-order valence-corrected chi connectivity index (χ0v) is 16.6. The summed E-state index contributed by atoms with van der Waals surface area (Å²) in [5, 5.41) is 5.80. The first-order valence-electron chi connectivity index (χ1n) is 10.1. The summed E-state index contributed by atoms with van der Waals surface area (Å²) in [6, 6.07) is 13.4. The van der Waals surface area contributed by atoms with Crippen LogP contribution in [0.15, 0.2) is 48.5 Å². The van der Waals surface area contributed by atoms with Gasteiger partial charge in [0.25, 0.3) is 11.8 Å². The second kappa shape index (κ2) is 9.87. The van der Waals surface area contributed by atoms with Crippen LogP contribution in [0.4, 0.5) is 5.69 Å². The Balaban J connectivity index is 1.65. The van der Waals surface area contributed by atoms with Crippen molar-refractivity contribution in [3.05, 3.63) is 65.2 Å². The molecular weight excluding hydrogens is 368 g/mol. The fourth-order valence-corrected chi connectivity index (χ4v) is 3.46. The predicted molar refractivity (Wildman–Crippen MR) is 111 cm³/mol. The lowest BCUT2D eigenvalue weighted by Crippen LogP contribution is -2.36. The molecule has 0 unspecified atom stereocenters. The maximum Gasteiger partial charge on any atom is 0.340 e. The van der Waals surface area contributed by atoms with Crippen LogP contribution in [0.5, 0.6) is 0 Å². The van der Waals surface area contributed by atoms with Crippen molar-refractivity contribution in [1.82, 2.24) is 5.32 Å². The highest BCUT2D eigenvalue weighted by Gasteiger charge is 2.18. The molecule has 2 aromatic carbocycles. The SMILES string of the molecule is CCOC(=O)c1ccccc1NC(=O)c1ccc(C(=O)NC2CCCCC2)cc1. The number of para-hydroxylation sites is 1. The lowest BCUT2D eigenvalue weighted by Gasteiger charge is -2.22. The van der Waals surface area contributed by atoms with E-state index in [1.165, 1.54) is 6.42 Å². The van der Waals surface area contributed by atoms with Gasteiger partial charge in [-0.15, -0.1) is 0 Å². The van der Waals surface area contributed by atoms with Gasteiger partial charge in [-0.1, -0.05) is 31.4 Å². The number of hydrogen-bond acceptors (Lipinski definition) is 4. The smallest absolute Gasteiger partial charge is 0.340 e. The number of rotatable bonds is 6. The van der Waals surface area contributed by atoms with Crippen LogP contribution in [0.2, 0.25) is 0 Å². The summed E-state index contributed by atoms with van der Waals surface area (Å²) in [5.41, 5.74) is 1.61. The molecule has 3 rings (SSSR count). The van der Waals surface area contributed by atoms with E-state index in [0.29, 0.717) is 22.4 Å². The summed E-state index contributed by atoms with van der Waals surface area (Å²) in [4.78, 5) is 37.0. The fraction of sp³-hybridized carbons (Fsp3) is 0.348. The second-order valence-electron chi connectivity index (χ2n) is 7.11. The average molecular weight is 394 g/mol. The van der Waals surface area contributed by atoms with Crippen LogP contribution in [0.1, 0.15) is 70.1 Å². The van der Waals surface area contributed by atoms with Gasteiger partial charge in [-0.2, -0.15) is 0 Å². The van der Waals surface area contributed by atoms with Gasteiger partial charge in [-0.3, -0.25) is 9.59 Å². The summed E-state index contributed by atoms with van der Waals surface area (Å²) >= 11 is 0. The summed E-state index contributed by atoms with van der Waals surface area (Å²) in [6.45, 7) is 1.98. The molecule has 1 aliphatic carbocycles. The highest BCUT2D eigenvalue weighted by Crippen LogP contribution is 2.19. The van der Waals surface area contributed by atoms with Gasteiger partial charge in [-0.25, -0.2) is 4.79 Å². The van der Waals surface area contributed by atoms with Crippen molar-refractivity contribution in [2.75, 3.05) is 11.9 Å². The molecule has 1 aliphatic rings. The number of ether oxygens (including phenoxy) is 1. The van der Waals surface area contributed by atoms with E-state index < -0.39 is 5.97 Å². The predicted octanol–water partition coefficient (Wildman–Crippen LogP) is 4.18. The minimum Gasteiger partial charge on any atom is -0.462 e. The van der Waals surface area contributed by atoms with E-state index in [9.17, 15) is 14.4 Å². The molecule has 2 N–H and O–H groups in total. The van der Waals surface area contributed by atoms with Crippen molar-refractivity contribution < 1.29 is 19.1 Å². The minimum atomic E-state index is -0.488. The second-order valence-corrected chi connectivity index (χ2v) is 7.11. The average Bonchev–Trinajstić information content (AvgIpc) is 2.75. The first-order valence-corrected chi connectivity index (χ1v) is 10.1. The molecule has 1 saturated carbocycles. The van der Waals surface area contributed by atoms with Crippen molar-refractivity contribution in [1.29, 1.82) is 0 Å². The van der Waals surface area contributed by atoms with Gasteiger partial charge in [-0.05, 0) is 56.2 Å². The van der Waals surface area contributed by atoms with Gasteiger partial charge in [0.15, 0.2) is 0 Å². The third-order valence-corrected chi connectivity index (χ3v) is 5.02. The van der Waals surface area contributed by atoms with Crippen molar-refractivity contribution in [2.45, 2.75) is 45.1 Å². The van der Waals surface area contributed by atoms with E-state index in [4.69, 9.17) is 4.74 Å². The highest BCUT2D eigenvalue weighted by molar-refractivity contribution is 6.08. The highest BCUT2D eigenvalue weighted by atomic mass is 16.5. The number of nitrogens with one attached hydrogen (secondary N) is 2. The molecule has 0 aromatic heterocycles. The van der Waals surface area contributed by atoms with Crippen LogP contribution >= 0.6 is 0 Å². The van der Waals surface area contributed by atoms with E-state index >= 15 is 0 Å². The topological polar surface area (TPSA) is 84.5 Å². The minimum absolute atomic E-state index is 0.114. The Bertz CT molecular complexity index is 871. The zero-order valence-electron chi connectivity index (χ0n) is 16.6. The van der Waals surface area contributed by atoms with Crippen molar-refractivity contribution in [3.63, 3.8) is 0 Å². The van der Waals surface area contributed by atoms with E-state index in [0.717, 1.165) is 25.7 Å². The van der Waals surface area contributed by atoms with E-state index in [-0.39, 0.29) is 24.5 Å². The van der Waals surface area contributed by atoms with Crippen molar-refractivity contribution in [2.24, 2.45) is 0 Å². The van der Waals surface area contributed by atoms with Gasteiger partial charge in [0.1, 0.15) is 0 Å². The molecule has 2 aromatic rings. The molecule has 0 heterocycles. The standard InChI is InChI=1S/C23H26N2O4/c1-2-29-23(28)19-10-6-7-11-20(19)25-22(27)17-14-12-16(13-15-17)21(26)24-18-8-4-3-5-9-18/h6-7,10-15,18H,2-5,8-9H2,1H3,(H,24,26)(H,25,27). The monoisotopic (exact) mass is 394 g/mol. The van der Waals surface area contributed by atoms with E-state index in [1.807, 2.05) is 0 Å². The van der Waals surface area contributed by atoms with Crippen molar-refractivity contribution in [3.8, 4) is 0 Å². The lowest BCUT2D eigenvalue weighted by molar-refractivity contribution is 0.0527. The van der Waals surface area contributed by atoms with Gasteiger partial charge in [0.2, 0.25) is 0 Å². The molecule has 29 heavy (non-hydrogen) atoms. The molecule has 1 fully saturated rings. The first kappa shape index (κ1) is 20.6. The molecule has 152 valence electrons. The normalized spacial score (nSPS) is 14.1. The van der Waals surface area contributed by atoms with Crippen LogP contribution in [0.3, 0.4) is 0 Å². The molecule has 2 amide bonds. The summed E-state index contributed by atoms with van der Waals surface area (Å²) < 4.78 is 5.03. The molecule has 6 heteroatoms. The van der Waals surface area contributed by atoms with Gasteiger partial charge in [0, 0.05) is 17.2 Å².